The van der Waals surface area contributed by atoms with Crippen LogP contribution in [-0.2, 0) is 0 Å². The number of nitrogens with two attached hydrogens (primary N) is 1. The van der Waals surface area contributed by atoms with E-state index in [0.29, 0.717) is 0 Å². The molecule has 1 atom stereocenters. The summed E-state index contributed by atoms with van der Waals surface area (Å²) >= 11 is 3.58. The van der Waals surface area contributed by atoms with Gasteiger partial charge in [0.1, 0.15) is 0 Å². The van der Waals surface area contributed by atoms with Gasteiger partial charge in [0.25, 0.3) is 0 Å². The molecule has 0 aliphatic carbocycles. The Morgan fingerprint density at radius 2 is 2.06 bits per heavy atom. The Morgan fingerprint density at radius 3 is 2.62 bits per heavy atom. The molecule has 0 aromatic heterocycles. The van der Waals surface area contributed by atoms with Crippen LogP contribution < -0.4 is 10.6 Å². The summed E-state index contributed by atoms with van der Waals surface area (Å²) in [4.78, 5) is 2.37. The van der Waals surface area contributed by atoms with Crippen molar-refractivity contribution >= 4 is 21.6 Å². The summed E-state index contributed by atoms with van der Waals surface area (Å²) in [6.45, 7) is 2.24. The average Bonchev–Trinajstić information content (AvgIpc) is 2.81. The quantitative estimate of drug-likeness (QED) is 0.893. The van der Waals surface area contributed by atoms with Gasteiger partial charge in [0.2, 0.25) is 0 Å². The van der Waals surface area contributed by atoms with E-state index in [2.05, 4.69) is 26.9 Å². The van der Waals surface area contributed by atoms with Crippen LogP contribution in [0.15, 0.2) is 22.7 Å². The number of benzene rings is 1. The minimum absolute atomic E-state index is 0.0184. The average molecular weight is 285 g/mol. The Morgan fingerprint density at radius 1 is 1.38 bits per heavy atom. The molecule has 0 radical (unpaired) electrons. The first kappa shape index (κ1) is 11.9. The smallest absolute Gasteiger partial charge is 0.0624 e. The fourth-order valence-electron chi connectivity index (χ4n) is 2.07. The highest BCUT2D eigenvalue weighted by Gasteiger charge is 2.15. The molecule has 0 bridgehead atoms. The topological polar surface area (TPSA) is 49.5 Å². The molecule has 1 fully saturated rings. The first-order chi connectivity index (χ1) is 7.72. The van der Waals surface area contributed by atoms with Crippen molar-refractivity contribution < 1.29 is 5.11 Å². The third-order valence-corrected chi connectivity index (χ3v) is 3.68. The Labute approximate surface area is 104 Å². The van der Waals surface area contributed by atoms with E-state index in [1.54, 1.807) is 0 Å². The van der Waals surface area contributed by atoms with Gasteiger partial charge >= 0.3 is 0 Å². The number of aliphatic hydroxyl groups excluding tert-OH is 1. The number of rotatable bonds is 3. The second kappa shape index (κ2) is 5.17. The van der Waals surface area contributed by atoms with Gasteiger partial charge in [-0.15, -0.1) is 0 Å². The van der Waals surface area contributed by atoms with E-state index in [1.165, 1.54) is 18.5 Å². The normalized spacial score (nSPS) is 17.8. The van der Waals surface area contributed by atoms with Gasteiger partial charge in [0, 0.05) is 17.6 Å². The van der Waals surface area contributed by atoms with Crippen LogP contribution in [0.4, 0.5) is 5.69 Å². The number of halogens is 1. The highest BCUT2D eigenvalue weighted by Crippen LogP contribution is 2.31. The maximum absolute atomic E-state index is 9.01. The molecule has 16 heavy (non-hydrogen) atoms. The van der Waals surface area contributed by atoms with E-state index in [0.717, 1.165) is 23.1 Å². The maximum Gasteiger partial charge on any atom is 0.0624 e. The molecule has 0 spiro atoms. The Hall–Kier alpha value is -0.580. The predicted octanol–water partition coefficient (Wildman–Crippen LogP) is 2.04. The number of nitrogens with zero attached hydrogens (tertiary/aromatic N) is 1. The lowest BCUT2D eigenvalue weighted by molar-refractivity contribution is 0.268. The van der Waals surface area contributed by atoms with Crippen molar-refractivity contribution in [1.82, 2.24) is 0 Å². The molecule has 4 heteroatoms. The van der Waals surface area contributed by atoms with E-state index in [1.807, 2.05) is 12.1 Å². The van der Waals surface area contributed by atoms with Crippen LogP contribution in [0.25, 0.3) is 0 Å². The molecule has 1 heterocycles. The van der Waals surface area contributed by atoms with Gasteiger partial charge in [-0.05, 0) is 46.5 Å². The van der Waals surface area contributed by atoms with Gasteiger partial charge in [-0.2, -0.15) is 0 Å². The lowest BCUT2D eigenvalue weighted by atomic mass is 10.1. The molecule has 1 saturated heterocycles. The maximum atomic E-state index is 9.01. The zero-order valence-corrected chi connectivity index (χ0v) is 10.8. The fourth-order valence-corrected chi connectivity index (χ4v) is 2.72. The minimum atomic E-state index is -0.288. The van der Waals surface area contributed by atoms with Gasteiger partial charge in [-0.25, -0.2) is 0 Å². The third-order valence-electron chi connectivity index (χ3n) is 3.04. The molecular formula is C12H17BrN2O. The summed E-state index contributed by atoms with van der Waals surface area (Å²) in [6.07, 6.45) is 2.54. The number of anilines is 1. The monoisotopic (exact) mass is 284 g/mol. The molecule has 1 aromatic carbocycles. The first-order valence-corrected chi connectivity index (χ1v) is 6.42. The zero-order valence-electron chi connectivity index (χ0n) is 9.19. The Kier molecular flexibility index (Phi) is 3.84. The largest absolute Gasteiger partial charge is 0.394 e. The summed E-state index contributed by atoms with van der Waals surface area (Å²) in [5, 5.41) is 9.01. The van der Waals surface area contributed by atoms with Crippen LogP contribution in [-0.4, -0.2) is 24.8 Å². The lowest BCUT2D eigenvalue weighted by Crippen LogP contribution is -2.19. The molecular weight excluding hydrogens is 268 g/mol. The fraction of sp³-hybridized carbons (Fsp3) is 0.500. The highest BCUT2D eigenvalue weighted by atomic mass is 79.9. The molecule has 2 rings (SSSR count). The molecule has 1 aromatic rings. The van der Waals surface area contributed by atoms with Gasteiger partial charge < -0.3 is 15.7 Å². The second-order valence-electron chi connectivity index (χ2n) is 4.19. The van der Waals surface area contributed by atoms with Gasteiger partial charge in [-0.1, -0.05) is 6.07 Å². The van der Waals surface area contributed by atoms with Crippen molar-refractivity contribution in [2.75, 3.05) is 24.6 Å². The molecule has 0 amide bonds. The SMILES string of the molecule is NC(CO)c1ccc(N2CCCC2)c(Br)c1. The molecule has 3 nitrogen and oxygen atoms in total. The van der Waals surface area contributed by atoms with Gasteiger partial charge in [0.05, 0.1) is 18.3 Å². The van der Waals surface area contributed by atoms with Crippen LogP contribution in [0, 0.1) is 0 Å². The van der Waals surface area contributed by atoms with E-state index in [4.69, 9.17) is 10.8 Å². The zero-order chi connectivity index (χ0) is 11.5. The summed E-state index contributed by atoms with van der Waals surface area (Å²) in [5.41, 5.74) is 7.98. The Balaban J connectivity index is 2.22. The van der Waals surface area contributed by atoms with Crippen LogP contribution in [0.2, 0.25) is 0 Å². The Bertz CT molecular complexity index is 364. The summed E-state index contributed by atoms with van der Waals surface area (Å²) in [7, 11) is 0. The first-order valence-electron chi connectivity index (χ1n) is 5.63. The number of hydrogen-bond donors (Lipinski definition) is 2. The van der Waals surface area contributed by atoms with E-state index >= 15 is 0 Å². The van der Waals surface area contributed by atoms with Gasteiger partial charge in [-0.3, -0.25) is 0 Å². The summed E-state index contributed by atoms with van der Waals surface area (Å²) < 4.78 is 1.07. The van der Waals surface area contributed by atoms with Crippen LogP contribution in [0.5, 0.6) is 0 Å². The van der Waals surface area contributed by atoms with E-state index in [-0.39, 0.29) is 12.6 Å². The van der Waals surface area contributed by atoms with Crippen molar-refractivity contribution in [3.8, 4) is 0 Å². The molecule has 1 unspecified atom stereocenters. The van der Waals surface area contributed by atoms with Crippen molar-refractivity contribution in [3.63, 3.8) is 0 Å². The molecule has 1 aliphatic heterocycles. The van der Waals surface area contributed by atoms with Crippen LogP contribution in [0.3, 0.4) is 0 Å². The third kappa shape index (κ3) is 2.39. The second-order valence-corrected chi connectivity index (χ2v) is 5.05. The van der Waals surface area contributed by atoms with E-state index < -0.39 is 0 Å². The van der Waals surface area contributed by atoms with Gasteiger partial charge in [0.15, 0.2) is 0 Å². The van der Waals surface area contributed by atoms with Crippen LogP contribution >= 0.6 is 15.9 Å². The standard InChI is InChI=1S/C12H17BrN2O/c13-10-7-9(11(14)8-16)3-4-12(10)15-5-1-2-6-15/h3-4,7,11,16H,1-2,5-6,8,14H2. The van der Waals surface area contributed by atoms with E-state index in [9.17, 15) is 0 Å². The highest BCUT2D eigenvalue weighted by molar-refractivity contribution is 9.10. The van der Waals surface area contributed by atoms with Crippen LogP contribution in [0.1, 0.15) is 24.4 Å². The molecule has 1 aliphatic rings. The minimum Gasteiger partial charge on any atom is -0.394 e. The lowest BCUT2D eigenvalue weighted by Gasteiger charge is -2.20. The molecule has 3 N–H and O–H groups in total. The summed E-state index contributed by atoms with van der Waals surface area (Å²) in [5.74, 6) is 0. The predicted molar refractivity (Wildman–Crippen MR) is 69.6 cm³/mol. The van der Waals surface area contributed by atoms with Crippen molar-refractivity contribution in [2.24, 2.45) is 5.73 Å². The van der Waals surface area contributed by atoms with Crippen molar-refractivity contribution in [2.45, 2.75) is 18.9 Å². The summed E-state index contributed by atoms with van der Waals surface area (Å²) in [6, 6.07) is 5.80. The molecule has 0 saturated carbocycles. The number of hydrogen-bond acceptors (Lipinski definition) is 3. The number of aliphatic hydroxyl groups is 1. The molecule has 88 valence electrons. The van der Waals surface area contributed by atoms with Crippen molar-refractivity contribution in [3.05, 3.63) is 28.2 Å². The van der Waals surface area contributed by atoms with Crippen molar-refractivity contribution in [1.29, 1.82) is 0 Å².